The summed E-state index contributed by atoms with van der Waals surface area (Å²) in [6.45, 7) is 1.62. The molecule has 0 aliphatic carbocycles. The fourth-order valence-corrected chi connectivity index (χ4v) is 3.82. The van der Waals surface area contributed by atoms with Gasteiger partial charge in [0.25, 0.3) is 5.69 Å². The molecule has 0 aliphatic rings. The molecule has 12 heteroatoms. The molecule has 0 spiro atoms. The highest BCUT2D eigenvalue weighted by atomic mass is 32.2. The highest BCUT2D eigenvalue weighted by Crippen LogP contribution is 2.38. The fraction of sp³-hybridized carbons (Fsp3) is 0.200. The Hall–Kier alpha value is -4.29. The first-order valence-corrected chi connectivity index (χ1v) is 9.97. The van der Waals surface area contributed by atoms with E-state index in [-0.39, 0.29) is 39.1 Å². The zero-order valence-electron chi connectivity index (χ0n) is 17.2. The van der Waals surface area contributed by atoms with Gasteiger partial charge in [0, 0.05) is 0 Å². The first-order chi connectivity index (χ1) is 15.3. The summed E-state index contributed by atoms with van der Waals surface area (Å²) in [7, 11) is 2.91. The average molecular weight is 451 g/mol. The van der Waals surface area contributed by atoms with E-state index >= 15 is 0 Å². The van der Waals surface area contributed by atoms with Gasteiger partial charge in [-0.2, -0.15) is 10.5 Å². The van der Waals surface area contributed by atoms with Crippen LogP contribution in [0.4, 0.5) is 11.5 Å². The van der Waals surface area contributed by atoms with Crippen LogP contribution < -0.4 is 25.6 Å². The van der Waals surface area contributed by atoms with Crippen molar-refractivity contribution >= 4 is 29.2 Å². The molecule has 162 valence electrons. The van der Waals surface area contributed by atoms with E-state index in [2.05, 4.69) is 20.1 Å². The van der Waals surface area contributed by atoms with Gasteiger partial charge in [-0.15, -0.1) is 0 Å². The van der Waals surface area contributed by atoms with Gasteiger partial charge in [-0.1, -0.05) is 28.6 Å². The number of nitrogens with two attached hydrogens (primary N) is 1. The number of amides is 1. The SMILES string of the molecule is COc1ccccc1NC(=O)C(C)Sc1nc(N)c(C#N)c(-c2c([O-])on[n+]2C)c1C#N. The minimum absolute atomic E-state index is 0.0453. The maximum atomic E-state index is 12.8. The number of carbonyl (C=O) groups excluding carboxylic acids is 1. The van der Waals surface area contributed by atoms with E-state index in [1.54, 1.807) is 31.2 Å². The zero-order valence-corrected chi connectivity index (χ0v) is 18.1. The van der Waals surface area contributed by atoms with E-state index in [1.165, 1.54) is 14.2 Å². The molecule has 3 aromatic rings. The second-order valence-corrected chi connectivity index (χ2v) is 7.76. The molecule has 0 saturated carbocycles. The van der Waals surface area contributed by atoms with Gasteiger partial charge in [0.05, 0.1) is 34.4 Å². The number of carbonyl (C=O) groups is 1. The lowest BCUT2D eigenvalue weighted by molar-refractivity contribution is -0.730. The van der Waals surface area contributed by atoms with E-state index in [1.807, 2.05) is 12.1 Å². The molecular formula is C20H17N7O4S. The van der Waals surface area contributed by atoms with E-state index in [4.69, 9.17) is 10.5 Å². The summed E-state index contributed by atoms with van der Waals surface area (Å²) in [5.74, 6) is -0.928. The maximum absolute atomic E-state index is 12.8. The molecule has 1 atom stereocenters. The molecule has 1 aromatic carbocycles. The standard InChI is InChI=1S/C20H17N7O4S/c1-10(18(28)24-13-6-4-5-7-14(13)30-3)32-19-12(9-22)15(11(8-21)17(23)25-19)16-20(29)31-26-27(16)2/h4-7,10H,1-3H3,(H3-,23,24,25,26,28,29). The van der Waals surface area contributed by atoms with Crippen LogP contribution in [0.5, 0.6) is 11.7 Å². The molecule has 0 saturated heterocycles. The molecule has 0 radical (unpaired) electrons. The Balaban J connectivity index is 2.01. The van der Waals surface area contributed by atoms with Crippen LogP contribution in [0.2, 0.25) is 0 Å². The number of aryl methyl sites for hydroxylation is 1. The van der Waals surface area contributed by atoms with Crippen LogP contribution in [0, 0.1) is 22.7 Å². The van der Waals surface area contributed by atoms with Crippen molar-refractivity contribution in [1.29, 1.82) is 10.5 Å². The van der Waals surface area contributed by atoms with E-state index in [9.17, 15) is 20.4 Å². The third kappa shape index (κ3) is 4.12. The quantitative estimate of drug-likeness (QED) is 0.407. The monoisotopic (exact) mass is 451 g/mol. The van der Waals surface area contributed by atoms with Crippen LogP contribution in [0.1, 0.15) is 18.1 Å². The number of benzene rings is 1. The fourth-order valence-electron chi connectivity index (χ4n) is 2.90. The summed E-state index contributed by atoms with van der Waals surface area (Å²) >= 11 is 0.954. The summed E-state index contributed by atoms with van der Waals surface area (Å²) in [6.07, 6.45) is 0. The van der Waals surface area contributed by atoms with Crippen molar-refractivity contribution in [3.63, 3.8) is 0 Å². The number of hydrogen-bond acceptors (Lipinski definition) is 10. The number of anilines is 2. The van der Waals surface area contributed by atoms with Gasteiger partial charge in [-0.25, -0.2) is 4.98 Å². The topological polar surface area (TPSA) is 178 Å². The van der Waals surface area contributed by atoms with Crippen molar-refractivity contribution in [3.8, 4) is 35.1 Å². The molecule has 1 amide bonds. The molecular weight excluding hydrogens is 434 g/mol. The second-order valence-electron chi connectivity index (χ2n) is 6.43. The lowest BCUT2D eigenvalue weighted by Gasteiger charge is -2.15. The molecule has 2 aromatic heterocycles. The Morgan fingerprint density at radius 2 is 2.03 bits per heavy atom. The number of nitrogens with one attached hydrogen (secondary N) is 1. The number of hydrogen-bond donors (Lipinski definition) is 2. The summed E-state index contributed by atoms with van der Waals surface area (Å²) in [5.41, 5.74) is 6.00. The molecule has 0 bridgehead atoms. The van der Waals surface area contributed by atoms with Crippen molar-refractivity contribution in [2.24, 2.45) is 7.05 Å². The minimum Gasteiger partial charge on any atom is -0.539 e. The largest absolute Gasteiger partial charge is 0.539 e. The summed E-state index contributed by atoms with van der Waals surface area (Å²) in [6, 6.07) is 10.7. The Kier molecular flexibility index (Phi) is 6.47. The number of thioether (sulfide) groups is 1. The zero-order chi connectivity index (χ0) is 23.4. The van der Waals surface area contributed by atoms with Gasteiger partial charge in [-0.3, -0.25) is 4.79 Å². The average Bonchev–Trinajstić information content (AvgIpc) is 3.11. The number of nitriles is 2. The van der Waals surface area contributed by atoms with Crippen molar-refractivity contribution in [3.05, 3.63) is 35.4 Å². The number of aromatic nitrogens is 3. The van der Waals surface area contributed by atoms with E-state index in [0.717, 1.165) is 16.4 Å². The smallest absolute Gasteiger partial charge is 0.266 e. The molecule has 32 heavy (non-hydrogen) atoms. The number of nitrogens with zero attached hydrogens (tertiary/aromatic N) is 5. The van der Waals surface area contributed by atoms with E-state index in [0.29, 0.717) is 11.4 Å². The lowest BCUT2D eigenvalue weighted by Crippen LogP contribution is -2.32. The van der Waals surface area contributed by atoms with Crippen LogP contribution in [0.15, 0.2) is 33.8 Å². The third-order valence-electron chi connectivity index (χ3n) is 4.44. The predicted molar refractivity (Wildman–Crippen MR) is 111 cm³/mol. The van der Waals surface area contributed by atoms with Crippen LogP contribution in [0.25, 0.3) is 11.3 Å². The van der Waals surface area contributed by atoms with Crippen LogP contribution in [-0.4, -0.2) is 28.5 Å². The number of para-hydroxylation sites is 2. The number of pyridine rings is 1. The number of methoxy groups -OCH3 is 1. The van der Waals surface area contributed by atoms with Gasteiger partial charge in [-0.05, 0) is 19.1 Å². The van der Waals surface area contributed by atoms with Crippen molar-refractivity contribution in [1.82, 2.24) is 10.3 Å². The molecule has 3 rings (SSSR count). The van der Waals surface area contributed by atoms with E-state index < -0.39 is 11.2 Å². The number of nitrogen functional groups attached to an aromatic ring is 1. The van der Waals surface area contributed by atoms with Gasteiger partial charge < -0.3 is 25.4 Å². The van der Waals surface area contributed by atoms with Crippen LogP contribution in [0.3, 0.4) is 0 Å². The Morgan fingerprint density at radius 3 is 2.62 bits per heavy atom. The maximum Gasteiger partial charge on any atom is 0.266 e. The summed E-state index contributed by atoms with van der Waals surface area (Å²) in [4.78, 5) is 16.9. The highest BCUT2D eigenvalue weighted by Gasteiger charge is 2.30. The molecule has 2 heterocycles. The molecule has 3 N–H and O–H groups in total. The molecule has 0 fully saturated rings. The Labute approximate surface area is 187 Å². The lowest BCUT2D eigenvalue weighted by atomic mass is 10.0. The molecule has 0 aliphatic heterocycles. The normalized spacial score (nSPS) is 11.3. The van der Waals surface area contributed by atoms with Crippen LogP contribution >= 0.6 is 11.8 Å². The van der Waals surface area contributed by atoms with Gasteiger partial charge in [0.2, 0.25) is 5.91 Å². The highest BCUT2D eigenvalue weighted by molar-refractivity contribution is 8.00. The van der Waals surface area contributed by atoms with Gasteiger partial charge in [0.1, 0.15) is 34.3 Å². The first-order valence-electron chi connectivity index (χ1n) is 9.09. The molecule has 1 unspecified atom stereocenters. The first kappa shape index (κ1) is 22.4. The van der Waals surface area contributed by atoms with Crippen molar-refractivity contribution in [2.75, 3.05) is 18.2 Å². The summed E-state index contributed by atoms with van der Waals surface area (Å²) < 4.78 is 11.0. The molecule has 11 nitrogen and oxygen atoms in total. The van der Waals surface area contributed by atoms with Gasteiger partial charge >= 0.3 is 0 Å². The number of rotatable bonds is 6. The van der Waals surface area contributed by atoms with Gasteiger partial charge in [0.15, 0.2) is 13.0 Å². The Morgan fingerprint density at radius 1 is 1.34 bits per heavy atom. The van der Waals surface area contributed by atoms with Crippen LogP contribution in [-0.2, 0) is 11.8 Å². The Bertz CT molecular complexity index is 1260. The number of ether oxygens (including phenoxy) is 1. The van der Waals surface area contributed by atoms with Crippen molar-refractivity contribution in [2.45, 2.75) is 17.2 Å². The third-order valence-corrected chi connectivity index (χ3v) is 5.52. The summed E-state index contributed by atoms with van der Waals surface area (Å²) in [5, 5.41) is 37.2. The second kappa shape index (κ2) is 9.24. The van der Waals surface area contributed by atoms with Crippen molar-refractivity contribution < 1.29 is 23.8 Å². The predicted octanol–water partition coefficient (Wildman–Crippen LogP) is 1.09. The minimum atomic E-state index is -0.844.